The van der Waals surface area contributed by atoms with Gasteiger partial charge in [-0.3, -0.25) is 0 Å². The smallest absolute Gasteiger partial charge is 0.327 e. The average Bonchev–Trinajstić information content (AvgIpc) is 3.01. The Morgan fingerprint density at radius 3 is 1.14 bits per heavy atom. The van der Waals surface area contributed by atoms with Gasteiger partial charge in [0.1, 0.15) is 23.8 Å². The van der Waals surface area contributed by atoms with Gasteiger partial charge in [0.05, 0.1) is 12.4 Å². The average molecular weight is 840 g/mol. The summed E-state index contributed by atoms with van der Waals surface area (Å²) in [6, 6.07) is 26.2. The Kier molecular flexibility index (Phi) is 21.5. The molecular weight excluding hydrogens is 796 g/mol. The number of benzene rings is 3. The van der Waals surface area contributed by atoms with Crippen molar-refractivity contribution < 1.29 is 82.6 Å². The van der Waals surface area contributed by atoms with Gasteiger partial charge in [-0.15, -0.1) is 0 Å². The summed E-state index contributed by atoms with van der Waals surface area (Å²) in [4.78, 5) is 9.24. The molecule has 2 aromatic heterocycles. The second-order valence-corrected chi connectivity index (χ2v) is 11.9. The van der Waals surface area contributed by atoms with E-state index in [-0.39, 0.29) is 82.6 Å². The molecule has 50 heavy (non-hydrogen) atoms. The van der Waals surface area contributed by atoms with Crippen molar-refractivity contribution in [3.8, 4) is 22.3 Å². The molecule has 0 aliphatic carbocycles. The molecule has 0 atom stereocenters. The normalized spacial score (nSPS) is 10.8. The first-order chi connectivity index (χ1) is 21.1. The van der Waals surface area contributed by atoms with Crippen molar-refractivity contribution in [2.24, 2.45) is 0 Å². The Balaban J connectivity index is 0. The summed E-state index contributed by atoms with van der Waals surface area (Å²) in [5.41, 5.74) is 14.9. The minimum absolute atomic E-state index is 0. The molecule has 4 nitrogen and oxygen atoms in total. The maximum atomic E-state index is 4.62. The molecule has 0 unspecified atom stereocenters. The Bertz CT molecular complexity index is 1730. The van der Waals surface area contributed by atoms with Crippen LogP contribution in [0.5, 0.6) is 0 Å². The van der Waals surface area contributed by atoms with Crippen molar-refractivity contribution in [3.05, 3.63) is 119 Å². The maximum absolute atomic E-state index is 4.62. The molecule has 0 bridgehead atoms. The van der Waals surface area contributed by atoms with Crippen molar-refractivity contribution >= 4 is 35.4 Å². The van der Waals surface area contributed by atoms with Crippen molar-refractivity contribution in [3.63, 3.8) is 0 Å². The van der Waals surface area contributed by atoms with Crippen molar-refractivity contribution in [1.29, 1.82) is 0 Å². The summed E-state index contributed by atoms with van der Waals surface area (Å²) >= 11 is 0. The first-order valence-corrected chi connectivity index (χ1v) is 15.5. The van der Waals surface area contributed by atoms with E-state index in [0.29, 0.717) is 5.92 Å². The predicted molar refractivity (Wildman–Crippen MR) is 190 cm³/mol. The van der Waals surface area contributed by atoms with Crippen molar-refractivity contribution in [1.82, 2.24) is 19.1 Å². The molecule has 10 heteroatoms. The van der Waals surface area contributed by atoms with Crippen LogP contribution in [0.3, 0.4) is 0 Å². The molecule has 0 fully saturated rings. The van der Waals surface area contributed by atoms with E-state index >= 15 is 0 Å². The largest absolute Gasteiger partial charge is 1.00 e. The summed E-state index contributed by atoms with van der Waals surface area (Å²) < 4.78 is 4.37. The van der Waals surface area contributed by atoms with Crippen LogP contribution in [0.1, 0.15) is 67.0 Å². The minimum atomic E-state index is 0. The summed E-state index contributed by atoms with van der Waals surface area (Å²) in [6.07, 6.45) is 7.89. The second kappa shape index (κ2) is 21.7. The van der Waals surface area contributed by atoms with Gasteiger partial charge in [0.2, 0.25) is 0 Å². The molecule has 0 saturated heterocycles. The van der Waals surface area contributed by atoms with Gasteiger partial charge in [0.15, 0.2) is 0 Å². The zero-order valence-corrected chi connectivity index (χ0v) is 34.7. The number of halogens is 4. The molecule has 0 N–H and O–H groups in total. The summed E-state index contributed by atoms with van der Waals surface area (Å²) in [6.45, 7) is 19.8. The fourth-order valence-electron chi connectivity index (χ4n) is 6.40. The molecule has 0 aliphatic rings. The van der Waals surface area contributed by atoms with Gasteiger partial charge in [-0.1, -0.05) is 38.1 Å². The van der Waals surface area contributed by atoms with Gasteiger partial charge in [-0.05, 0) is 156 Å². The Labute approximate surface area is 343 Å². The van der Waals surface area contributed by atoms with E-state index in [1.807, 2.05) is 36.7 Å². The number of nitrogens with zero attached hydrogens (tertiary/aromatic N) is 4. The summed E-state index contributed by atoms with van der Waals surface area (Å²) in [7, 11) is 0. The molecular formula is C40H44Cl4N4Ni2-2. The quantitative estimate of drug-likeness (QED) is 0.112. The maximum Gasteiger partial charge on any atom is 0.327 e. The molecule has 0 saturated carbocycles. The summed E-state index contributed by atoms with van der Waals surface area (Å²) in [5.74, 6) is 2.25. The van der Waals surface area contributed by atoms with Crippen molar-refractivity contribution in [2.45, 2.75) is 68.2 Å². The van der Waals surface area contributed by atoms with E-state index in [2.05, 4.69) is 142 Å². The van der Waals surface area contributed by atoms with Gasteiger partial charge in [-0.25, -0.2) is 9.15 Å². The third-order valence-corrected chi connectivity index (χ3v) is 8.49. The fraction of sp³-hybridized carbons (Fsp3) is 0.250. The summed E-state index contributed by atoms with van der Waals surface area (Å²) in [5, 5.41) is 0. The standard InChI is InChI=1S/C40H44N4.4ClH.2Ni/c1-10-43(37-16-12-14-18-41-37)39-27(5)20-33(21-28(39)6)35-24-32(26(3)4)25-36(31(35)9)34-22-29(7)40(30(8)23-34)44(11-2)38-17-13-15-19-42-38;;;;;;/h10-26H,1-9H3;4*1H;;/q+2;;;;;;/p-4. The molecule has 5 aromatic rings. The number of aryl methyl sites for hydroxylation is 4. The third kappa shape index (κ3) is 10.3. The van der Waals surface area contributed by atoms with E-state index in [9.17, 15) is 0 Å². The van der Waals surface area contributed by atoms with E-state index in [1.165, 1.54) is 67.0 Å². The number of hydrogen-bond donors (Lipinski definition) is 0. The number of aromatic nitrogens is 2. The van der Waals surface area contributed by atoms with Crippen molar-refractivity contribution in [2.75, 3.05) is 0 Å². The molecule has 5 rings (SSSR count). The Hall–Kier alpha value is -2.55. The van der Waals surface area contributed by atoms with Gasteiger partial charge in [0.25, 0.3) is 0 Å². The number of rotatable bonds is 7. The SMILES string of the molecule is CC=[N+](c1ccccn1)c1c(C)cc(-c2cc(C(C)C)cc(-c3cc(C)c([N+](=CC)c4ccccn4)c(C)c3)c2C)cc1C.[Cl-].[Cl-].[Cl-].[Cl-].[Ni].[Ni]. The zero-order valence-electron chi connectivity index (χ0n) is 29.7. The van der Waals surface area contributed by atoms with Crippen LogP contribution in [0.2, 0.25) is 0 Å². The molecule has 0 spiro atoms. The van der Waals surface area contributed by atoms with Gasteiger partial charge in [0, 0.05) is 45.1 Å². The fourth-order valence-corrected chi connectivity index (χ4v) is 6.40. The van der Waals surface area contributed by atoms with E-state index in [0.717, 1.165) is 11.6 Å². The van der Waals surface area contributed by atoms with Gasteiger partial charge < -0.3 is 49.6 Å². The van der Waals surface area contributed by atoms with Gasteiger partial charge >= 0.3 is 11.6 Å². The Morgan fingerprint density at radius 1 is 0.540 bits per heavy atom. The van der Waals surface area contributed by atoms with E-state index < -0.39 is 0 Å². The molecule has 274 valence electrons. The molecule has 2 heterocycles. The molecule has 0 amide bonds. The zero-order chi connectivity index (χ0) is 31.5. The van der Waals surface area contributed by atoms with Crippen LogP contribution in [-0.2, 0) is 33.0 Å². The van der Waals surface area contributed by atoms with E-state index in [1.54, 1.807) is 0 Å². The van der Waals surface area contributed by atoms with Gasteiger partial charge in [-0.2, -0.15) is 0 Å². The first-order valence-electron chi connectivity index (χ1n) is 15.5. The monoisotopic (exact) mass is 836 g/mol. The van der Waals surface area contributed by atoms with Crippen LogP contribution in [-0.4, -0.2) is 22.4 Å². The predicted octanol–water partition coefficient (Wildman–Crippen LogP) is -1.66. The van der Waals surface area contributed by atoms with Crippen LogP contribution >= 0.6 is 0 Å². The molecule has 0 aliphatic heterocycles. The van der Waals surface area contributed by atoms with Crippen LogP contribution < -0.4 is 58.8 Å². The topological polar surface area (TPSA) is 31.8 Å². The molecule has 0 radical (unpaired) electrons. The second-order valence-electron chi connectivity index (χ2n) is 11.9. The Morgan fingerprint density at radius 2 is 0.880 bits per heavy atom. The molecule has 3 aromatic carbocycles. The number of pyridine rings is 2. The van der Waals surface area contributed by atoms with Crippen LogP contribution in [0.4, 0.5) is 23.0 Å². The van der Waals surface area contributed by atoms with Crippen LogP contribution in [0, 0.1) is 34.6 Å². The third-order valence-electron chi connectivity index (χ3n) is 8.49. The number of hydrogen-bond acceptors (Lipinski definition) is 2. The van der Waals surface area contributed by atoms with E-state index in [4.69, 9.17) is 0 Å². The van der Waals surface area contributed by atoms with Crippen LogP contribution in [0.25, 0.3) is 22.3 Å². The van der Waals surface area contributed by atoms with Crippen LogP contribution in [0.15, 0.2) is 85.2 Å². The first kappa shape index (κ1) is 49.6. The minimum Gasteiger partial charge on any atom is -1.00 e.